The number of amides is 1. The Morgan fingerprint density at radius 1 is 1.56 bits per heavy atom. The van der Waals surface area contributed by atoms with E-state index in [0.29, 0.717) is 13.1 Å². The Labute approximate surface area is 107 Å². The summed E-state index contributed by atoms with van der Waals surface area (Å²) in [5.74, 6) is 0.748. The van der Waals surface area contributed by atoms with Gasteiger partial charge in [-0.2, -0.15) is 0 Å². The van der Waals surface area contributed by atoms with Crippen LogP contribution < -0.4 is 5.32 Å². The van der Waals surface area contributed by atoms with E-state index in [0.717, 1.165) is 31.7 Å². The quantitative estimate of drug-likeness (QED) is 0.829. The number of furan rings is 1. The van der Waals surface area contributed by atoms with Gasteiger partial charge in [-0.15, -0.1) is 0 Å². The molecule has 0 aromatic carbocycles. The van der Waals surface area contributed by atoms with E-state index in [-0.39, 0.29) is 5.91 Å². The molecule has 0 spiro atoms. The van der Waals surface area contributed by atoms with Gasteiger partial charge in [-0.3, -0.25) is 9.69 Å². The van der Waals surface area contributed by atoms with Gasteiger partial charge in [-0.05, 0) is 31.9 Å². The second-order valence-corrected chi connectivity index (χ2v) is 5.13. The number of likely N-dealkylation sites (tertiary alicyclic amines) is 1. The SMILES string of the molecule is CC1(O)CCN(CC(=O)NCc2ccco2)CC1. The summed E-state index contributed by atoms with van der Waals surface area (Å²) in [6.07, 6.45) is 3.03. The molecule has 0 radical (unpaired) electrons. The minimum atomic E-state index is -0.568. The number of nitrogens with one attached hydrogen (secondary N) is 1. The van der Waals surface area contributed by atoms with Crippen LogP contribution in [0.2, 0.25) is 0 Å². The van der Waals surface area contributed by atoms with E-state index in [9.17, 15) is 9.90 Å². The van der Waals surface area contributed by atoms with Gasteiger partial charge in [0.1, 0.15) is 5.76 Å². The smallest absolute Gasteiger partial charge is 0.234 e. The summed E-state index contributed by atoms with van der Waals surface area (Å²) in [5.41, 5.74) is -0.568. The highest BCUT2D eigenvalue weighted by atomic mass is 16.3. The van der Waals surface area contributed by atoms with Crippen LogP contribution in [0, 0.1) is 0 Å². The molecule has 1 aliphatic heterocycles. The van der Waals surface area contributed by atoms with E-state index < -0.39 is 5.60 Å². The summed E-state index contributed by atoms with van der Waals surface area (Å²) >= 11 is 0. The predicted molar refractivity (Wildman–Crippen MR) is 66.9 cm³/mol. The second-order valence-electron chi connectivity index (χ2n) is 5.13. The molecule has 0 saturated carbocycles. The lowest BCUT2D eigenvalue weighted by Crippen LogP contribution is -2.46. The van der Waals surface area contributed by atoms with E-state index >= 15 is 0 Å². The summed E-state index contributed by atoms with van der Waals surface area (Å²) < 4.78 is 5.14. The number of rotatable bonds is 4. The molecule has 0 bridgehead atoms. The Bertz CT molecular complexity index is 377. The number of hydrogen-bond donors (Lipinski definition) is 2. The number of aliphatic hydroxyl groups is 1. The molecule has 2 rings (SSSR count). The largest absolute Gasteiger partial charge is 0.467 e. The van der Waals surface area contributed by atoms with Crippen molar-refractivity contribution in [3.8, 4) is 0 Å². The van der Waals surface area contributed by atoms with E-state index in [1.807, 2.05) is 13.0 Å². The lowest BCUT2D eigenvalue weighted by Gasteiger charge is -2.35. The Hall–Kier alpha value is -1.33. The Balaban J connectivity index is 1.69. The van der Waals surface area contributed by atoms with Gasteiger partial charge in [-0.25, -0.2) is 0 Å². The molecule has 1 amide bonds. The summed E-state index contributed by atoms with van der Waals surface area (Å²) in [6.45, 7) is 4.19. The average Bonchev–Trinajstić information content (AvgIpc) is 2.82. The lowest BCUT2D eigenvalue weighted by molar-refractivity contribution is -0.123. The average molecular weight is 252 g/mol. The predicted octanol–water partition coefficient (Wildman–Crippen LogP) is 0.743. The molecule has 0 aliphatic carbocycles. The lowest BCUT2D eigenvalue weighted by atomic mass is 9.94. The van der Waals surface area contributed by atoms with Gasteiger partial charge in [-0.1, -0.05) is 0 Å². The van der Waals surface area contributed by atoms with Gasteiger partial charge in [0.05, 0.1) is 25.0 Å². The molecular weight excluding hydrogens is 232 g/mol. The maximum Gasteiger partial charge on any atom is 0.234 e. The van der Waals surface area contributed by atoms with Crippen molar-refractivity contribution in [2.75, 3.05) is 19.6 Å². The standard InChI is InChI=1S/C13H20N2O3/c1-13(17)4-6-15(7-5-13)10-12(16)14-9-11-3-2-8-18-11/h2-3,8,17H,4-7,9-10H2,1H3,(H,14,16). The van der Waals surface area contributed by atoms with Crippen molar-refractivity contribution in [1.82, 2.24) is 10.2 Å². The molecule has 18 heavy (non-hydrogen) atoms. The second kappa shape index (κ2) is 5.54. The molecule has 1 aromatic rings. The van der Waals surface area contributed by atoms with E-state index in [2.05, 4.69) is 10.2 Å². The highest BCUT2D eigenvalue weighted by Gasteiger charge is 2.27. The first-order valence-corrected chi connectivity index (χ1v) is 6.29. The van der Waals surface area contributed by atoms with Gasteiger partial charge in [0.25, 0.3) is 0 Å². The summed E-state index contributed by atoms with van der Waals surface area (Å²) in [7, 11) is 0. The first kappa shape index (κ1) is 13.1. The summed E-state index contributed by atoms with van der Waals surface area (Å²) in [4.78, 5) is 13.8. The van der Waals surface area contributed by atoms with Crippen LogP contribution in [-0.2, 0) is 11.3 Å². The zero-order valence-electron chi connectivity index (χ0n) is 10.7. The van der Waals surface area contributed by atoms with Crippen molar-refractivity contribution >= 4 is 5.91 Å². The van der Waals surface area contributed by atoms with Crippen molar-refractivity contribution in [3.05, 3.63) is 24.2 Å². The van der Waals surface area contributed by atoms with Crippen LogP contribution in [0.5, 0.6) is 0 Å². The maximum absolute atomic E-state index is 11.7. The van der Waals surface area contributed by atoms with Gasteiger partial charge in [0, 0.05) is 13.1 Å². The Morgan fingerprint density at radius 3 is 2.89 bits per heavy atom. The molecular formula is C13H20N2O3. The summed E-state index contributed by atoms with van der Waals surface area (Å²) in [6, 6.07) is 3.63. The highest BCUT2D eigenvalue weighted by molar-refractivity contribution is 5.77. The molecule has 1 fully saturated rings. The van der Waals surface area contributed by atoms with Crippen LogP contribution in [0.1, 0.15) is 25.5 Å². The third-order valence-electron chi connectivity index (χ3n) is 3.34. The molecule has 5 nitrogen and oxygen atoms in total. The third-order valence-corrected chi connectivity index (χ3v) is 3.34. The van der Waals surface area contributed by atoms with Gasteiger partial charge in [0.15, 0.2) is 0 Å². The van der Waals surface area contributed by atoms with Crippen molar-refractivity contribution in [2.24, 2.45) is 0 Å². The van der Waals surface area contributed by atoms with Gasteiger partial charge >= 0.3 is 0 Å². The normalized spacial score (nSPS) is 19.7. The van der Waals surface area contributed by atoms with Crippen LogP contribution in [0.4, 0.5) is 0 Å². The number of hydrogen-bond acceptors (Lipinski definition) is 4. The first-order valence-electron chi connectivity index (χ1n) is 6.29. The van der Waals surface area contributed by atoms with E-state index in [1.165, 1.54) is 0 Å². The van der Waals surface area contributed by atoms with Crippen molar-refractivity contribution in [3.63, 3.8) is 0 Å². The minimum absolute atomic E-state index is 0.00653. The fourth-order valence-corrected chi connectivity index (χ4v) is 2.05. The molecule has 2 N–H and O–H groups in total. The molecule has 2 heterocycles. The highest BCUT2D eigenvalue weighted by Crippen LogP contribution is 2.20. The minimum Gasteiger partial charge on any atom is -0.467 e. The molecule has 5 heteroatoms. The molecule has 100 valence electrons. The fraction of sp³-hybridized carbons (Fsp3) is 0.615. The fourth-order valence-electron chi connectivity index (χ4n) is 2.05. The van der Waals surface area contributed by atoms with Crippen molar-refractivity contribution < 1.29 is 14.3 Å². The molecule has 1 aliphatic rings. The van der Waals surface area contributed by atoms with Crippen LogP contribution in [0.3, 0.4) is 0 Å². The van der Waals surface area contributed by atoms with Gasteiger partial charge < -0.3 is 14.8 Å². The number of carbonyl (C=O) groups is 1. The van der Waals surface area contributed by atoms with Crippen molar-refractivity contribution in [1.29, 1.82) is 0 Å². The number of carbonyl (C=O) groups excluding carboxylic acids is 1. The Kier molecular flexibility index (Phi) is 4.04. The zero-order valence-corrected chi connectivity index (χ0v) is 10.7. The van der Waals surface area contributed by atoms with Crippen LogP contribution in [-0.4, -0.2) is 41.1 Å². The van der Waals surface area contributed by atoms with Crippen LogP contribution in [0.25, 0.3) is 0 Å². The molecule has 1 saturated heterocycles. The summed E-state index contributed by atoms with van der Waals surface area (Å²) in [5, 5.41) is 12.6. The molecule has 0 atom stereocenters. The molecule has 1 aromatic heterocycles. The zero-order chi connectivity index (χ0) is 13.0. The van der Waals surface area contributed by atoms with Gasteiger partial charge in [0.2, 0.25) is 5.91 Å². The third kappa shape index (κ3) is 3.85. The first-order chi connectivity index (χ1) is 8.55. The monoisotopic (exact) mass is 252 g/mol. The van der Waals surface area contributed by atoms with Crippen molar-refractivity contribution in [2.45, 2.75) is 31.9 Å². The maximum atomic E-state index is 11.7. The molecule has 0 unspecified atom stereocenters. The Morgan fingerprint density at radius 2 is 2.28 bits per heavy atom. The number of piperidine rings is 1. The van der Waals surface area contributed by atoms with Crippen LogP contribution >= 0.6 is 0 Å². The topological polar surface area (TPSA) is 65.7 Å². The number of nitrogens with zero attached hydrogens (tertiary/aromatic N) is 1. The van der Waals surface area contributed by atoms with E-state index in [4.69, 9.17) is 4.42 Å². The van der Waals surface area contributed by atoms with E-state index in [1.54, 1.807) is 12.3 Å². The van der Waals surface area contributed by atoms with Crippen LogP contribution in [0.15, 0.2) is 22.8 Å².